The number of piperidine rings is 3. The molecule has 3 aliphatic heterocycles. The second-order valence-corrected chi connectivity index (χ2v) is 14.5. The number of hydrogen-bond acceptors (Lipinski definition) is 3. The van der Waals surface area contributed by atoms with Crippen LogP contribution in [0, 0.1) is 11.8 Å². The average molecular weight is 548 g/mol. The lowest BCUT2D eigenvalue weighted by atomic mass is 9.70. The molecule has 9 atom stereocenters. The minimum absolute atomic E-state index is 0.186. The molecule has 41 heavy (non-hydrogen) atoms. The van der Waals surface area contributed by atoms with Crippen molar-refractivity contribution < 1.29 is 14.3 Å². The molecule has 6 bridgehead atoms. The maximum atomic E-state index is 12.4. The summed E-state index contributed by atoms with van der Waals surface area (Å²) in [4.78, 5) is 4.64. The van der Waals surface area contributed by atoms with Crippen molar-refractivity contribution in [2.24, 2.45) is 11.8 Å². The van der Waals surface area contributed by atoms with Crippen LogP contribution in [0.4, 0.5) is 0 Å². The number of aromatic nitrogens is 1. The highest BCUT2D eigenvalue weighted by molar-refractivity contribution is 5.84. The van der Waals surface area contributed by atoms with Gasteiger partial charge in [-0.25, -0.2) is 0 Å². The standard InChI is InChI=1S/C37H43N2O2/c1-3-21-19-39(20-32-35-25-6-4-23(14-25)29(35)18-30-24-5-7-26(15-24)36(30)32)13-11-22(21)16-34(39)37(40)28-10-12-38-33-9-8-27(41-2)17-31(28)33/h3,8-10,12,17-18,21-26,34,37,40H,1,4-7,11,13-16,19-20H2,2H3/q+1/t21-,22-,23+,24+,25-,26-,34+,37-,39-/m0/s1. The van der Waals surface area contributed by atoms with Gasteiger partial charge in [-0.05, 0) is 120 Å². The highest BCUT2D eigenvalue weighted by atomic mass is 16.5. The minimum atomic E-state index is -0.529. The Bertz CT molecular complexity index is 1530. The van der Waals surface area contributed by atoms with Crippen molar-refractivity contribution in [1.29, 1.82) is 0 Å². The molecule has 212 valence electrons. The molecular weight excluding hydrogens is 504 g/mol. The van der Waals surface area contributed by atoms with Gasteiger partial charge in [0.2, 0.25) is 0 Å². The van der Waals surface area contributed by atoms with Crippen molar-refractivity contribution in [2.45, 2.75) is 93.7 Å². The zero-order chi connectivity index (χ0) is 27.5. The quantitative estimate of drug-likeness (QED) is 0.255. The Labute approximate surface area is 244 Å². The Morgan fingerprint density at radius 2 is 1.71 bits per heavy atom. The first-order chi connectivity index (χ1) is 20.1. The van der Waals surface area contributed by atoms with E-state index in [0.717, 1.165) is 69.9 Å². The van der Waals surface area contributed by atoms with Gasteiger partial charge in [-0.3, -0.25) is 4.98 Å². The van der Waals surface area contributed by atoms with Crippen molar-refractivity contribution in [3.8, 4) is 5.75 Å². The number of aliphatic hydroxyl groups is 1. The van der Waals surface area contributed by atoms with E-state index in [4.69, 9.17) is 4.74 Å². The maximum absolute atomic E-state index is 12.4. The zero-order valence-electron chi connectivity index (χ0n) is 24.4. The third kappa shape index (κ3) is 3.44. The number of methoxy groups -OCH3 is 1. The topological polar surface area (TPSA) is 42.4 Å². The number of ether oxygens (including phenoxy) is 1. The van der Waals surface area contributed by atoms with E-state index in [1.54, 1.807) is 34.9 Å². The number of hydrogen-bond donors (Lipinski definition) is 1. The molecule has 1 aromatic heterocycles. The smallest absolute Gasteiger partial charge is 0.131 e. The Kier molecular flexibility index (Phi) is 5.40. The number of pyridine rings is 1. The van der Waals surface area contributed by atoms with Crippen LogP contribution in [0.5, 0.6) is 5.75 Å². The van der Waals surface area contributed by atoms with E-state index < -0.39 is 6.10 Å². The SMILES string of the molecule is C=C[C@H]1C[N@+]2(Cc3c4c(cc5c3[C@H]3CC[C@@H]5C3)[C@@H]3CC[C@H]4C3)CC[C@H]1C[C@@H]2[C@@H](O)c1ccnc2ccc(OC)cc12. The third-order valence-corrected chi connectivity index (χ3v) is 13.0. The van der Waals surface area contributed by atoms with Crippen LogP contribution in [-0.4, -0.2) is 40.8 Å². The van der Waals surface area contributed by atoms with Crippen molar-refractivity contribution in [3.05, 3.63) is 82.6 Å². The fraction of sp³-hybridized carbons (Fsp3) is 0.541. The van der Waals surface area contributed by atoms with E-state index in [1.807, 2.05) is 18.3 Å². The lowest BCUT2D eigenvalue weighted by Gasteiger charge is -2.58. The van der Waals surface area contributed by atoms with Crippen LogP contribution >= 0.6 is 0 Å². The first-order valence-electron chi connectivity index (χ1n) is 16.4. The van der Waals surface area contributed by atoms with Crippen molar-refractivity contribution in [2.75, 3.05) is 20.2 Å². The monoisotopic (exact) mass is 547 g/mol. The van der Waals surface area contributed by atoms with Crippen LogP contribution in [0.25, 0.3) is 10.9 Å². The van der Waals surface area contributed by atoms with Crippen LogP contribution in [0.3, 0.4) is 0 Å². The number of quaternary nitrogens is 1. The first kappa shape index (κ1) is 24.9. The summed E-state index contributed by atoms with van der Waals surface area (Å²) in [6, 6.07) is 11.0. The number of rotatable bonds is 6. The van der Waals surface area contributed by atoms with Gasteiger partial charge in [0.05, 0.1) is 25.7 Å². The van der Waals surface area contributed by atoms with Crippen LogP contribution in [-0.2, 0) is 6.54 Å². The summed E-state index contributed by atoms with van der Waals surface area (Å²) in [6.45, 7) is 7.70. The fourth-order valence-electron chi connectivity index (χ4n) is 11.1. The van der Waals surface area contributed by atoms with E-state index >= 15 is 0 Å². The molecule has 4 heterocycles. The van der Waals surface area contributed by atoms with Crippen molar-refractivity contribution in [1.82, 2.24) is 4.98 Å². The van der Waals surface area contributed by atoms with Crippen molar-refractivity contribution >= 4 is 10.9 Å². The van der Waals surface area contributed by atoms with Crippen LogP contribution in [0.2, 0.25) is 0 Å². The molecule has 0 spiro atoms. The molecule has 7 aliphatic rings. The summed E-state index contributed by atoms with van der Waals surface area (Å²) < 4.78 is 6.60. The predicted molar refractivity (Wildman–Crippen MR) is 162 cm³/mol. The summed E-state index contributed by atoms with van der Waals surface area (Å²) in [5.41, 5.74) is 10.7. The molecule has 4 heteroatoms. The van der Waals surface area contributed by atoms with E-state index in [9.17, 15) is 5.11 Å². The molecule has 3 aromatic rings. The molecule has 1 N–H and O–H groups in total. The van der Waals surface area contributed by atoms with Gasteiger partial charge in [0, 0.05) is 35.9 Å². The lowest BCUT2D eigenvalue weighted by Crippen LogP contribution is -2.67. The number of nitrogens with zero attached hydrogens (tertiary/aromatic N) is 2. The second-order valence-electron chi connectivity index (χ2n) is 14.5. The molecule has 2 saturated carbocycles. The van der Waals surface area contributed by atoms with Gasteiger partial charge in [0.1, 0.15) is 24.4 Å². The number of aliphatic hydroxyl groups excluding tert-OH is 1. The lowest BCUT2D eigenvalue weighted by molar-refractivity contribution is -0.985. The normalized spacial score (nSPS) is 36.5. The van der Waals surface area contributed by atoms with Gasteiger partial charge >= 0.3 is 0 Å². The van der Waals surface area contributed by atoms with Gasteiger partial charge in [0.25, 0.3) is 0 Å². The second kappa shape index (κ2) is 8.91. The molecule has 0 amide bonds. The molecule has 0 unspecified atom stereocenters. The van der Waals surface area contributed by atoms with E-state index in [-0.39, 0.29) is 6.04 Å². The molecule has 5 fully saturated rings. The first-order valence-corrected chi connectivity index (χ1v) is 16.4. The molecule has 4 nitrogen and oxygen atoms in total. The Morgan fingerprint density at radius 1 is 0.976 bits per heavy atom. The number of fused-ring (bicyclic) bond motifs is 14. The molecule has 4 aliphatic carbocycles. The highest BCUT2D eigenvalue weighted by Crippen LogP contribution is 2.62. The summed E-state index contributed by atoms with van der Waals surface area (Å²) in [7, 11) is 1.71. The largest absolute Gasteiger partial charge is 0.497 e. The molecule has 10 rings (SSSR count). The number of benzene rings is 2. The van der Waals surface area contributed by atoms with E-state index in [2.05, 4.69) is 35.8 Å². The highest BCUT2D eigenvalue weighted by Gasteiger charge is 2.56. The van der Waals surface area contributed by atoms with Gasteiger partial charge in [-0.1, -0.05) is 12.1 Å². The summed E-state index contributed by atoms with van der Waals surface area (Å²) in [6.07, 6.45) is 14.2. The van der Waals surface area contributed by atoms with Gasteiger partial charge in [-0.2, -0.15) is 0 Å². The molecular formula is C37H43N2O2+. The predicted octanol–water partition coefficient (Wildman–Crippen LogP) is 7.62. The summed E-state index contributed by atoms with van der Waals surface area (Å²) in [5.74, 6) is 5.11. The molecule has 2 aromatic carbocycles. The van der Waals surface area contributed by atoms with Gasteiger partial charge < -0.3 is 14.3 Å². The minimum Gasteiger partial charge on any atom is -0.497 e. The zero-order valence-corrected chi connectivity index (χ0v) is 24.4. The third-order valence-electron chi connectivity index (χ3n) is 13.0. The van der Waals surface area contributed by atoms with Crippen LogP contribution < -0.4 is 4.74 Å². The molecule has 0 radical (unpaired) electrons. The summed E-state index contributed by atoms with van der Waals surface area (Å²) in [5, 5.41) is 13.4. The Hall–Kier alpha value is -2.69. The van der Waals surface area contributed by atoms with Gasteiger partial charge in [-0.15, -0.1) is 6.58 Å². The molecule has 3 saturated heterocycles. The maximum Gasteiger partial charge on any atom is 0.131 e. The Morgan fingerprint density at radius 3 is 2.41 bits per heavy atom. The van der Waals surface area contributed by atoms with Crippen molar-refractivity contribution in [3.63, 3.8) is 0 Å². The fourth-order valence-corrected chi connectivity index (χ4v) is 11.1. The summed E-state index contributed by atoms with van der Waals surface area (Å²) >= 11 is 0. The van der Waals surface area contributed by atoms with E-state index in [0.29, 0.717) is 11.8 Å². The van der Waals surface area contributed by atoms with Crippen LogP contribution in [0.15, 0.2) is 49.2 Å². The van der Waals surface area contributed by atoms with Crippen LogP contribution in [0.1, 0.15) is 115 Å². The van der Waals surface area contributed by atoms with E-state index in [1.165, 1.54) is 51.5 Å². The van der Waals surface area contributed by atoms with Gasteiger partial charge in [0.15, 0.2) is 0 Å². The average Bonchev–Trinajstić information content (AvgIpc) is 3.82. The Balaban J connectivity index is 1.18.